The highest BCUT2D eigenvalue weighted by molar-refractivity contribution is 7.28. The number of carboxylic acid groups (broad SMARTS) is 1. The van der Waals surface area contributed by atoms with Gasteiger partial charge in [0.05, 0.1) is 4.88 Å². The van der Waals surface area contributed by atoms with Gasteiger partial charge in [0, 0.05) is 22.4 Å². The third kappa shape index (κ3) is 2.96. The van der Waals surface area contributed by atoms with Gasteiger partial charge in [0.25, 0.3) is 0 Å². The molecule has 8 heteroatoms. The SMILES string of the molecule is CCC(CC(=O)O)Cn1nnnc1-c1cc2sccc2s1. The van der Waals surface area contributed by atoms with E-state index < -0.39 is 5.97 Å². The molecule has 3 heterocycles. The summed E-state index contributed by atoms with van der Waals surface area (Å²) < 4.78 is 4.16. The third-order valence-electron chi connectivity index (χ3n) is 3.36. The molecule has 1 atom stereocenters. The summed E-state index contributed by atoms with van der Waals surface area (Å²) in [7, 11) is 0. The standard InChI is InChI=1S/C13H14N4O2S2/c1-2-8(5-12(18)19)7-17-13(14-15-16-17)11-6-10-9(21-11)3-4-20-10/h3-4,6,8H,2,5,7H2,1H3,(H,18,19). The number of fused-ring (bicyclic) bond motifs is 1. The van der Waals surface area contributed by atoms with E-state index >= 15 is 0 Å². The summed E-state index contributed by atoms with van der Waals surface area (Å²) in [4.78, 5) is 11.9. The van der Waals surface area contributed by atoms with Crippen molar-refractivity contribution in [2.24, 2.45) is 5.92 Å². The van der Waals surface area contributed by atoms with Crippen LogP contribution >= 0.6 is 22.7 Å². The number of hydrogen-bond donors (Lipinski definition) is 1. The van der Waals surface area contributed by atoms with E-state index in [1.807, 2.05) is 6.92 Å². The number of aliphatic carboxylic acids is 1. The second-order valence-corrected chi connectivity index (χ2v) is 6.85. The van der Waals surface area contributed by atoms with Crippen molar-refractivity contribution >= 4 is 38.0 Å². The molecule has 110 valence electrons. The van der Waals surface area contributed by atoms with Crippen LogP contribution in [-0.4, -0.2) is 31.3 Å². The number of tetrazole rings is 1. The van der Waals surface area contributed by atoms with Crippen molar-refractivity contribution in [3.63, 3.8) is 0 Å². The molecule has 0 bridgehead atoms. The highest BCUT2D eigenvalue weighted by Gasteiger charge is 2.18. The van der Waals surface area contributed by atoms with Crippen LogP contribution in [0.4, 0.5) is 0 Å². The molecule has 0 aromatic carbocycles. The van der Waals surface area contributed by atoms with Gasteiger partial charge in [0.15, 0.2) is 5.82 Å². The largest absolute Gasteiger partial charge is 0.481 e. The fourth-order valence-electron chi connectivity index (χ4n) is 2.21. The Morgan fingerprint density at radius 1 is 1.48 bits per heavy atom. The Morgan fingerprint density at radius 3 is 3.05 bits per heavy atom. The van der Waals surface area contributed by atoms with E-state index in [2.05, 4.69) is 33.0 Å². The number of hydrogen-bond acceptors (Lipinski definition) is 6. The van der Waals surface area contributed by atoms with E-state index in [1.54, 1.807) is 27.4 Å². The summed E-state index contributed by atoms with van der Waals surface area (Å²) in [5.41, 5.74) is 0. The summed E-state index contributed by atoms with van der Waals surface area (Å²) in [5, 5.41) is 22.9. The predicted molar refractivity (Wildman–Crippen MR) is 82.5 cm³/mol. The van der Waals surface area contributed by atoms with Crippen LogP contribution in [0.2, 0.25) is 0 Å². The van der Waals surface area contributed by atoms with Crippen LogP contribution in [-0.2, 0) is 11.3 Å². The van der Waals surface area contributed by atoms with Crippen molar-refractivity contribution in [3.05, 3.63) is 17.5 Å². The van der Waals surface area contributed by atoms with Gasteiger partial charge in [-0.25, -0.2) is 4.68 Å². The molecule has 0 saturated carbocycles. The predicted octanol–water partition coefficient (Wildman–Crippen LogP) is 3.12. The van der Waals surface area contributed by atoms with Crippen molar-refractivity contribution in [1.29, 1.82) is 0 Å². The maximum absolute atomic E-state index is 10.9. The second kappa shape index (κ2) is 5.90. The minimum atomic E-state index is -0.784. The lowest BCUT2D eigenvalue weighted by atomic mass is 10.0. The molecular weight excluding hydrogens is 308 g/mol. The van der Waals surface area contributed by atoms with Gasteiger partial charge in [0.1, 0.15) is 0 Å². The molecule has 1 unspecified atom stereocenters. The molecule has 0 saturated heterocycles. The first kappa shape index (κ1) is 14.2. The minimum absolute atomic E-state index is 0.0332. The van der Waals surface area contributed by atoms with E-state index in [0.717, 1.165) is 11.3 Å². The van der Waals surface area contributed by atoms with E-state index in [9.17, 15) is 4.79 Å². The molecule has 6 nitrogen and oxygen atoms in total. The van der Waals surface area contributed by atoms with E-state index in [4.69, 9.17) is 5.11 Å². The second-order valence-electron chi connectivity index (χ2n) is 4.82. The first-order valence-electron chi connectivity index (χ1n) is 6.62. The van der Waals surface area contributed by atoms with E-state index in [0.29, 0.717) is 12.4 Å². The van der Waals surface area contributed by atoms with Gasteiger partial charge in [-0.1, -0.05) is 13.3 Å². The zero-order valence-corrected chi connectivity index (χ0v) is 13.0. The number of aromatic nitrogens is 4. The van der Waals surface area contributed by atoms with Crippen LogP contribution in [0.25, 0.3) is 20.1 Å². The molecule has 3 rings (SSSR count). The average molecular weight is 322 g/mol. The van der Waals surface area contributed by atoms with E-state index in [1.165, 1.54) is 9.40 Å². The number of thiophene rings is 2. The summed E-state index contributed by atoms with van der Waals surface area (Å²) in [6.45, 7) is 2.51. The molecule has 0 spiro atoms. The Balaban J connectivity index is 1.86. The topological polar surface area (TPSA) is 80.9 Å². The van der Waals surface area contributed by atoms with Crippen LogP contribution in [0.5, 0.6) is 0 Å². The van der Waals surface area contributed by atoms with Crippen LogP contribution < -0.4 is 0 Å². The molecule has 0 radical (unpaired) electrons. The molecule has 0 fully saturated rings. The fourth-order valence-corrected chi connectivity index (χ4v) is 4.31. The Kier molecular flexibility index (Phi) is 3.98. The molecule has 3 aromatic heterocycles. The smallest absolute Gasteiger partial charge is 0.303 e. The lowest BCUT2D eigenvalue weighted by Gasteiger charge is -2.12. The zero-order chi connectivity index (χ0) is 14.8. The third-order valence-corrected chi connectivity index (χ3v) is 5.45. The van der Waals surface area contributed by atoms with Crippen LogP contribution in [0, 0.1) is 5.92 Å². The van der Waals surface area contributed by atoms with Gasteiger partial charge in [0.2, 0.25) is 0 Å². The molecule has 0 aliphatic carbocycles. The van der Waals surface area contributed by atoms with Crippen molar-refractivity contribution in [2.75, 3.05) is 0 Å². The summed E-state index contributed by atoms with van der Waals surface area (Å²) in [6.07, 6.45) is 0.917. The Bertz CT molecular complexity index is 732. The van der Waals surface area contributed by atoms with Gasteiger partial charge < -0.3 is 5.11 Å². The monoisotopic (exact) mass is 322 g/mol. The number of rotatable bonds is 6. The minimum Gasteiger partial charge on any atom is -0.481 e. The van der Waals surface area contributed by atoms with Gasteiger partial charge in [-0.3, -0.25) is 4.79 Å². The quantitative estimate of drug-likeness (QED) is 0.754. The molecule has 21 heavy (non-hydrogen) atoms. The first-order valence-corrected chi connectivity index (χ1v) is 8.32. The molecule has 1 N–H and O–H groups in total. The van der Waals surface area contributed by atoms with Crippen molar-refractivity contribution in [3.8, 4) is 10.7 Å². The number of carbonyl (C=O) groups is 1. The molecule has 0 aliphatic heterocycles. The molecule has 3 aromatic rings. The normalized spacial score (nSPS) is 12.8. The van der Waals surface area contributed by atoms with Gasteiger partial charge in [-0.15, -0.1) is 27.8 Å². The summed E-state index contributed by atoms with van der Waals surface area (Å²) in [5.74, 6) is -0.0359. The Morgan fingerprint density at radius 2 is 2.33 bits per heavy atom. The van der Waals surface area contributed by atoms with Crippen molar-refractivity contribution in [2.45, 2.75) is 26.3 Å². The highest BCUT2D eigenvalue weighted by atomic mass is 32.1. The highest BCUT2D eigenvalue weighted by Crippen LogP contribution is 2.35. The number of nitrogens with zero attached hydrogens (tertiary/aromatic N) is 4. The first-order chi connectivity index (χ1) is 10.2. The number of carboxylic acids is 1. The van der Waals surface area contributed by atoms with Crippen LogP contribution in [0.3, 0.4) is 0 Å². The summed E-state index contributed by atoms with van der Waals surface area (Å²) in [6, 6.07) is 4.17. The Labute approximate surface area is 129 Å². The van der Waals surface area contributed by atoms with Crippen molar-refractivity contribution < 1.29 is 9.90 Å². The summed E-state index contributed by atoms with van der Waals surface area (Å²) >= 11 is 3.35. The maximum atomic E-state index is 10.9. The van der Waals surface area contributed by atoms with Crippen LogP contribution in [0.15, 0.2) is 17.5 Å². The van der Waals surface area contributed by atoms with Gasteiger partial charge in [-0.2, -0.15) is 0 Å². The van der Waals surface area contributed by atoms with E-state index in [-0.39, 0.29) is 12.3 Å². The fraction of sp³-hybridized carbons (Fsp3) is 0.385. The van der Waals surface area contributed by atoms with Crippen LogP contribution in [0.1, 0.15) is 19.8 Å². The van der Waals surface area contributed by atoms with Crippen molar-refractivity contribution in [1.82, 2.24) is 20.2 Å². The lowest BCUT2D eigenvalue weighted by molar-refractivity contribution is -0.138. The maximum Gasteiger partial charge on any atom is 0.303 e. The molecular formula is C13H14N4O2S2. The molecule has 0 aliphatic rings. The van der Waals surface area contributed by atoms with Gasteiger partial charge >= 0.3 is 5.97 Å². The zero-order valence-electron chi connectivity index (χ0n) is 11.4. The Hall–Kier alpha value is -1.80. The average Bonchev–Trinajstić information content (AvgIpc) is 3.10. The molecule has 0 amide bonds. The lowest BCUT2D eigenvalue weighted by Crippen LogP contribution is -2.16. The van der Waals surface area contributed by atoms with Gasteiger partial charge in [-0.05, 0) is 33.9 Å².